The van der Waals surface area contributed by atoms with Crippen LogP contribution in [0.1, 0.15) is 30.4 Å². The lowest BCUT2D eigenvalue weighted by molar-refractivity contribution is -0.887. The Bertz CT molecular complexity index is 757. The third-order valence-corrected chi connectivity index (χ3v) is 5.05. The van der Waals surface area contributed by atoms with Crippen molar-refractivity contribution in [1.82, 2.24) is 0 Å². The van der Waals surface area contributed by atoms with Crippen LogP contribution in [-0.2, 0) is 11.2 Å². The largest absolute Gasteiger partial charge is 0.632 e. The highest BCUT2D eigenvalue weighted by molar-refractivity contribution is 5.68. The molecular formula is C22H25NO3. The average molecular weight is 351 g/mol. The summed E-state index contributed by atoms with van der Waals surface area (Å²) in [5, 5.41) is 22.4. The highest BCUT2D eigenvalue weighted by atomic mass is 16.5. The number of nitrogens with zero attached hydrogens (tertiary/aromatic N) is 1. The van der Waals surface area contributed by atoms with E-state index in [1.807, 2.05) is 48.5 Å². The molecule has 0 aliphatic carbocycles. The summed E-state index contributed by atoms with van der Waals surface area (Å²) in [5.74, 6) is -0.798. The molecule has 2 aromatic carbocycles. The van der Waals surface area contributed by atoms with E-state index in [0.717, 1.165) is 16.7 Å². The summed E-state index contributed by atoms with van der Waals surface area (Å²) in [6, 6.07) is 20.0. The Hall–Kier alpha value is -2.43. The van der Waals surface area contributed by atoms with Crippen LogP contribution in [0.25, 0.3) is 5.57 Å². The highest BCUT2D eigenvalue weighted by Crippen LogP contribution is 2.33. The third-order valence-electron chi connectivity index (χ3n) is 5.05. The van der Waals surface area contributed by atoms with Gasteiger partial charge in [-0.05, 0) is 30.0 Å². The first-order valence-electron chi connectivity index (χ1n) is 9.16. The highest BCUT2D eigenvalue weighted by Gasteiger charge is 2.34. The summed E-state index contributed by atoms with van der Waals surface area (Å²) in [6.07, 6.45) is 4.15. The van der Waals surface area contributed by atoms with E-state index in [-0.39, 0.29) is 17.1 Å². The zero-order valence-corrected chi connectivity index (χ0v) is 14.9. The Morgan fingerprint density at radius 2 is 1.69 bits per heavy atom. The van der Waals surface area contributed by atoms with E-state index >= 15 is 0 Å². The van der Waals surface area contributed by atoms with Crippen LogP contribution in [0.2, 0.25) is 0 Å². The normalized spacial score (nSPS) is 22.2. The number of unbranched alkanes of at least 4 members (excludes halogenated alkanes) is 1. The Labute approximate surface area is 154 Å². The third kappa shape index (κ3) is 4.59. The van der Waals surface area contributed by atoms with Gasteiger partial charge < -0.3 is 15.0 Å². The van der Waals surface area contributed by atoms with Crippen molar-refractivity contribution in [3.05, 3.63) is 83.1 Å². The first kappa shape index (κ1) is 18.4. The molecule has 1 heterocycles. The van der Waals surface area contributed by atoms with Gasteiger partial charge in [0.05, 0.1) is 6.54 Å². The minimum Gasteiger partial charge on any atom is -0.632 e. The van der Waals surface area contributed by atoms with Crippen molar-refractivity contribution in [2.24, 2.45) is 0 Å². The van der Waals surface area contributed by atoms with Gasteiger partial charge in [-0.2, -0.15) is 0 Å². The minimum atomic E-state index is -0.798. The fourth-order valence-electron chi connectivity index (χ4n) is 3.65. The van der Waals surface area contributed by atoms with E-state index in [4.69, 9.17) is 5.11 Å². The van der Waals surface area contributed by atoms with Crippen molar-refractivity contribution in [3.8, 4) is 0 Å². The summed E-state index contributed by atoms with van der Waals surface area (Å²) in [6.45, 7) is 0.909. The molecule has 0 bridgehead atoms. The van der Waals surface area contributed by atoms with Gasteiger partial charge >= 0.3 is 5.97 Å². The van der Waals surface area contributed by atoms with Crippen LogP contribution >= 0.6 is 0 Å². The lowest BCUT2D eigenvalue weighted by Gasteiger charge is -2.45. The molecule has 0 saturated carbocycles. The fraction of sp³-hybridized carbons (Fsp3) is 0.318. The molecule has 0 amide bonds. The van der Waals surface area contributed by atoms with Crippen LogP contribution in [0.5, 0.6) is 0 Å². The van der Waals surface area contributed by atoms with Gasteiger partial charge in [0, 0.05) is 18.4 Å². The summed E-state index contributed by atoms with van der Waals surface area (Å²) in [7, 11) is 0. The Morgan fingerprint density at radius 3 is 2.35 bits per heavy atom. The van der Waals surface area contributed by atoms with Crippen LogP contribution in [0.3, 0.4) is 0 Å². The van der Waals surface area contributed by atoms with Crippen LogP contribution < -0.4 is 0 Å². The molecule has 0 saturated heterocycles. The molecule has 0 fully saturated rings. The second-order valence-corrected chi connectivity index (χ2v) is 7.00. The molecule has 0 aromatic heterocycles. The van der Waals surface area contributed by atoms with Crippen LogP contribution in [0.15, 0.2) is 66.7 Å². The molecule has 26 heavy (non-hydrogen) atoms. The minimum absolute atomic E-state index is 0.127. The Kier molecular flexibility index (Phi) is 5.86. The number of carboxylic acids is 1. The number of hydrogen-bond acceptors (Lipinski definition) is 2. The zero-order valence-electron chi connectivity index (χ0n) is 14.9. The Balaban J connectivity index is 1.76. The summed E-state index contributed by atoms with van der Waals surface area (Å²) in [5.41, 5.74) is 3.36. The van der Waals surface area contributed by atoms with Gasteiger partial charge in [-0.15, -0.1) is 0 Å². The standard InChI is InChI=1S/C22H25NO3/c24-22(25)13-7-8-14-23(26)17-20(19-11-5-2-6-12-19)16-21(23)15-18-9-3-1-4-10-18/h1-6,9-12,16,21H,7-8,13-15,17H2,(H,24,25). The number of rotatable bonds is 8. The predicted octanol–water partition coefficient (Wildman–Crippen LogP) is 4.26. The number of hydroxylamine groups is 3. The monoisotopic (exact) mass is 351 g/mol. The average Bonchev–Trinajstić information content (AvgIpc) is 2.97. The lowest BCUT2D eigenvalue weighted by Crippen LogP contribution is -2.48. The molecule has 0 spiro atoms. The van der Waals surface area contributed by atoms with E-state index in [0.29, 0.717) is 32.4 Å². The zero-order chi connectivity index (χ0) is 18.4. The van der Waals surface area contributed by atoms with E-state index in [1.54, 1.807) is 0 Å². The number of hydrogen-bond donors (Lipinski definition) is 1. The van der Waals surface area contributed by atoms with E-state index < -0.39 is 5.97 Å². The van der Waals surface area contributed by atoms with Gasteiger partial charge in [-0.1, -0.05) is 60.7 Å². The molecule has 1 N–H and O–H groups in total. The maximum atomic E-state index is 13.6. The fourth-order valence-corrected chi connectivity index (χ4v) is 3.65. The van der Waals surface area contributed by atoms with Crippen LogP contribution in [0, 0.1) is 5.21 Å². The summed E-state index contributed by atoms with van der Waals surface area (Å²) >= 11 is 0. The maximum absolute atomic E-state index is 13.6. The van der Waals surface area contributed by atoms with Crippen molar-refractivity contribution >= 4 is 11.5 Å². The van der Waals surface area contributed by atoms with Crippen molar-refractivity contribution in [2.45, 2.75) is 31.7 Å². The molecule has 4 nitrogen and oxygen atoms in total. The summed E-state index contributed by atoms with van der Waals surface area (Å²) in [4.78, 5) is 10.7. The topological polar surface area (TPSA) is 60.4 Å². The lowest BCUT2D eigenvalue weighted by atomic mass is 10.0. The molecule has 1 aliphatic heterocycles. The molecule has 1 aliphatic rings. The first-order valence-corrected chi connectivity index (χ1v) is 9.16. The number of quaternary nitrogens is 1. The Morgan fingerprint density at radius 1 is 1.04 bits per heavy atom. The SMILES string of the molecule is O=C(O)CCCC[N+]1([O-])CC(c2ccccc2)=CC1Cc1ccccc1. The van der Waals surface area contributed by atoms with Gasteiger partial charge in [0.15, 0.2) is 0 Å². The van der Waals surface area contributed by atoms with Crippen molar-refractivity contribution in [1.29, 1.82) is 0 Å². The molecule has 0 radical (unpaired) electrons. The van der Waals surface area contributed by atoms with Crippen molar-refractivity contribution in [3.63, 3.8) is 0 Å². The van der Waals surface area contributed by atoms with Gasteiger partial charge in [-0.3, -0.25) is 4.79 Å². The van der Waals surface area contributed by atoms with Gasteiger partial charge in [-0.25, -0.2) is 0 Å². The van der Waals surface area contributed by atoms with Crippen LogP contribution in [-0.4, -0.2) is 34.9 Å². The number of carboxylic acid groups (broad SMARTS) is 1. The molecule has 2 atom stereocenters. The molecule has 2 unspecified atom stereocenters. The second kappa shape index (κ2) is 8.30. The van der Waals surface area contributed by atoms with Gasteiger partial charge in [0.2, 0.25) is 0 Å². The molecular weight excluding hydrogens is 326 g/mol. The van der Waals surface area contributed by atoms with Gasteiger partial charge in [0.25, 0.3) is 0 Å². The predicted molar refractivity (Wildman–Crippen MR) is 103 cm³/mol. The van der Waals surface area contributed by atoms with E-state index in [1.165, 1.54) is 0 Å². The van der Waals surface area contributed by atoms with Crippen LogP contribution in [0.4, 0.5) is 0 Å². The smallest absolute Gasteiger partial charge is 0.303 e. The van der Waals surface area contributed by atoms with Crippen molar-refractivity contribution < 1.29 is 14.5 Å². The quantitative estimate of drug-likeness (QED) is 0.439. The van der Waals surface area contributed by atoms with E-state index in [9.17, 15) is 10.0 Å². The first-order chi connectivity index (χ1) is 12.6. The molecule has 2 aromatic rings. The van der Waals surface area contributed by atoms with Crippen molar-refractivity contribution in [2.75, 3.05) is 13.1 Å². The number of aliphatic carboxylic acids is 1. The second-order valence-electron chi connectivity index (χ2n) is 7.00. The van der Waals surface area contributed by atoms with Gasteiger partial charge in [0.1, 0.15) is 12.6 Å². The molecule has 3 rings (SSSR count). The molecule has 136 valence electrons. The number of benzene rings is 2. The summed E-state index contributed by atoms with van der Waals surface area (Å²) < 4.78 is -0.293. The van der Waals surface area contributed by atoms with E-state index in [2.05, 4.69) is 18.2 Å². The maximum Gasteiger partial charge on any atom is 0.303 e. The molecule has 4 heteroatoms. The number of carbonyl (C=O) groups is 1.